The monoisotopic (exact) mass is 316 g/mol. The fraction of sp³-hybridized carbons (Fsp3) is 0.462. The Hall–Kier alpha value is -1.10. The third-order valence-corrected chi connectivity index (χ3v) is 4.33. The van der Waals surface area contributed by atoms with Gasteiger partial charge in [-0.05, 0) is 31.4 Å². The summed E-state index contributed by atoms with van der Waals surface area (Å²) < 4.78 is 19.7. The Balaban J connectivity index is 2.59. The topological polar surface area (TPSA) is 46.5 Å². The van der Waals surface area contributed by atoms with Crippen molar-refractivity contribution in [3.8, 4) is 5.75 Å². The molecule has 1 N–H and O–H groups in total. The van der Waals surface area contributed by atoms with Crippen LogP contribution >= 0.6 is 15.9 Å². The first-order valence-corrected chi connectivity index (χ1v) is 6.45. The molecule has 0 aromatic heterocycles. The van der Waals surface area contributed by atoms with E-state index in [2.05, 4.69) is 15.9 Å². The van der Waals surface area contributed by atoms with E-state index >= 15 is 0 Å². The SMILES string of the molecule is COc1c(F)cc(Br)c(C)c1C1(CC(=O)O)CC1. The predicted octanol–water partition coefficient (Wildman–Crippen LogP) is 3.41. The highest BCUT2D eigenvalue weighted by atomic mass is 79.9. The van der Waals surface area contributed by atoms with Gasteiger partial charge in [0.25, 0.3) is 0 Å². The van der Waals surface area contributed by atoms with Crippen molar-refractivity contribution >= 4 is 21.9 Å². The van der Waals surface area contributed by atoms with Crippen LogP contribution in [-0.2, 0) is 10.2 Å². The number of carboxylic acids is 1. The maximum Gasteiger partial charge on any atom is 0.304 e. The van der Waals surface area contributed by atoms with Crippen LogP contribution < -0.4 is 4.74 Å². The highest BCUT2D eigenvalue weighted by molar-refractivity contribution is 9.10. The molecule has 1 aromatic rings. The number of ether oxygens (including phenoxy) is 1. The van der Waals surface area contributed by atoms with Gasteiger partial charge in [-0.15, -0.1) is 0 Å². The summed E-state index contributed by atoms with van der Waals surface area (Å²) in [4.78, 5) is 11.0. The quantitative estimate of drug-likeness (QED) is 0.926. The Morgan fingerprint density at radius 3 is 2.67 bits per heavy atom. The molecule has 1 aromatic carbocycles. The second kappa shape index (κ2) is 4.53. The molecule has 0 radical (unpaired) electrons. The Morgan fingerprint density at radius 1 is 1.61 bits per heavy atom. The maximum atomic E-state index is 13.9. The third-order valence-electron chi connectivity index (χ3n) is 3.51. The van der Waals surface area contributed by atoms with Crippen molar-refractivity contribution in [3.05, 3.63) is 27.5 Å². The van der Waals surface area contributed by atoms with Crippen LogP contribution in [0.4, 0.5) is 4.39 Å². The van der Waals surface area contributed by atoms with Gasteiger partial charge in [-0.1, -0.05) is 15.9 Å². The lowest BCUT2D eigenvalue weighted by molar-refractivity contribution is -0.137. The van der Waals surface area contributed by atoms with Crippen molar-refractivity contribution in [2.75, 3.05) is 7.11 Å². The minimum atomic E-state index is -0.866. The van der Waals surface area contributed by atoms with Gasteiger partial charge in [0.15, 0.2) is 11.6 Å². The summed E-state index contributed by atoms with van der Waals surface area (Å²) in [6.07, 6.45) is 1.53. The molecule has 1 aliphatic rings. The van der Waals surface area contributed by atoms with Crippen LogP contribution in [0.25, 0.3) is 0 Å². The van der Waals surface area contributed by atoms with E-state index in [0.29, 0.717) is 10.0 Å². The second-order valence-electron chi connectivity index (χ2n) is 4.72. The van der Waals surface area contributed by atoms with Crippen molar-refractivity contribution in [1.82, 2.24) is 0 Å². The van der Waals surface area contributed by atoms with Gasteiger partial charge in [0.05, 0.1) is 13.5 Å². The number of benzene rings is 1. The molecule has 0 aliphatic heterocycles. The largest absolute Gasteiger partial charge is 0.493 e. The first-order valence-electron chi connectivity index (χ1n) is 5.66. The highest BCUT2D eigenvalue weighted by Crippen LogP contribution is 2.56. The van der Waals surface area contributed by atoms with E-state index in [0.717, 1.165) is 18.4 Å². The molecule has 3 nitrogen and oxygen atoms in total. The number of methoxy groups -OCH3 is 1. The Labute approximate surface area is 113 Å². The van der Waals surface area contributed by atoms with Crippen molar-refractivity contribution in [1.29, 1.82) is 0 Å². The zero-order chi connectivity index (χ0) is 13.5. The van der Waals surface area contributed by atoms with Gasteiger partial charge >= 0.3 is 5.97 Å². The molecule has 5 heteroatoms. The van der Waals surface area contributed by atoms with E-state index in [4.69, 9.17) is 9.84 Å². The van der Waals surface area contributed by atoms with Gasteiger partial charge in [0.1, 0.15) is 0 Å². The zero-order valence-electron chi connectivity index (χ0n) is 10.2. The first kappa shape index (κ1) is 13.3. The molecule has 0 heterocycles. The highest BCUT2D eigenvalue weighted by Gasteiger charge is 2.49. The van der Waals surface area contributed by atoms with Crippen LogP contribution in [0.3, 0.4) is 0 Å². The molecule has 18 heavy (non-hydrogen) atoms. The number of aliphatic carboxylic acids is 1. The summed E-state index contributed by atoms with van der Waals surface area (Å²) in [6.45, 7) is 1.85. The van der Waals surface area contributed by atoms with E-state index in [1.54, 1.807) is 0 Å². The molecule has 98 valence electrons. The number of carbonyl (C=O) groups is 1. The molecule has 1 fully saturated rings. The predicted molar refractivity (Wildman–Crippen MR) is 68.6 cm³/mol. The van der Waals surface area contributed by atoms with E-state index < -0.39 is 17.2 Å². The van der Waals surface area contributed by atoms with Gasteiger partial charge in [-0.25, -0.2) is 4.39 Å². The van der Waals surface area contributed by atoms with E-state index in [1.807, 2.05) is 6.92 Å². The fourth-order valence-electron chi connectivity index (χ4n) is 2.49. The Kier molecular flexibility index (Phi) is 3.36. The summed E-state index contributed by atoms with van der Waals surface area (Å²) >= 11 is 3.30. The molecule has 2 rings (SSSR count). The number of hydrogen-bond donors (Lipinski definition) is 1. The number of halogens is 2. The molecule has 1 aliphatic carbocycles. The van der Waals surface area contributed by atoms with Gasteiger partial charge in [0.2, 0.25) is 0 Å². The normalized spacial score (nSPS) is 16.4. The lowest BCUT2D eigenvalue weighted by Crippen LogP contribution is -2.16. The Morgan fingerprint density at radius 2 is 2.22 bits per heavy atom. The molecule has 0 saturated heterocycles. The van der Waals surface area contributed by atoms with E-state index in [-0.39, 0.29) is 12.2 Å². The minimum Gasteiger partial charge on any atom is -0.493 e. The number of carboxylic acid groups (broad SMARTS) is 1. The van der Waals surface area contributed by atoms with Crippen LogP contribution in [0.1, 0.15) is 30.4 Å². The number of hydrogen-bond acceptors (Lipinski definition) is 2. The van der Waals surface area contributed by atoms with Crippen molar-refractivity contribution in [3.63, 3.8) is 0 Å². The van der Waals surface area contributed by atoms with Gasteiger partial charge in [0, 0.05) is 15.5 Å². The van der Waals surface area contributed by atoms with Crippen molar-refractivity contribution < 1.29 is 19.0 Å². The molecular weight excluding hydrogens is 303 g/mol. The van der Waals surface area contributed by atoms with Crippen LogP contribution in [0.15, 0.2) is 10.5 Å². The molecular formula is C13H14BrFO3. The zero-order valence-corrected chi connectivity index (χ0v) is 11.8. The lowest BCUT2D eigenvalue weighted by Gasteiger charge is -2.21. The third kappa shape index (κ3) is 2.11. The summed E-state index contributed by atoms with van der Waals surface area (Å²) in [5, 5.41) is 9.00. The van der Waals surface area contributed by atoms with Crippen molar-refractivity contribution in [2.45, 2.75) is 31.6 Å². The van der Waals surface area contributed by atoms with Crippen molar-refractivity contribution in [2.24, 2.45) is 0 Å². The van der Waals surface area contributed by atoms with Crippen LogP contribution in [-0.4, -0.2) is 18.2 Å². The van der Waals surface area contributed by atoms with Gasteiger partial charge in [-0.2, -0.15) is 0 Å². The van der Waals surface area contributed by atoms with E-state index in [1.165, 1.54) is 13.2 Å². The molecule has 0 unspecified atom stereocenters. The Bertz CT molecular complexity index is 509. The standard InChI is InChI=1S/C13H14BrFO3/c1-7-8(14)5-9(15)12(18-2)11(7)13(3-4-13)6-10(16)17/h5H,3-4,6H2,1-2H3,(H,16,17). The molecule has 0 spiro atoms. The molecule has 1 saturated carbocycles. The first-order chi connectivity index (χ1) is 8.41. The maximum absolute atomic E-state index is 13.9. The van der Waals surface area contributed by atoms with Crippen LogP contribution in [0.2, 0.25) is 0 Å². The molecule has 0 amide bonds. The average Bonchev–Trinajstić information content (AvgIpc) is 3.02. The summed E-state index contributed by atoms with van der Waals surface area (Å²) in [7, 11) is 1.41. The smallest absolute Gasteiger partial charge is 0.304 e. The summed E-state index contributed by atoms with van der Waals surface area (Å²) in [5.41, 5.74) is 1.08. The molecule has 0 atom stereocenters. The minimum absolute atomic E-state index is 0.0140. The average molecular weight is 317 g/mol. The van der Waals surface area contributed by atoms with Gasteiger partial charge < -0.3 is 9.84 Å². The summed E-state index contributed by atoms with van der Waals surface area (Å²) in [5.74, 6) is -1.15. The fourth-order valence-corrected chi connectivity index (χ4v) is 2.89. The van der Waals surface area contributed by atoms with E-state index in [9.17, 15) is 9.18 Å². The van der Waals surface area contributed by atoms with Crippen LogP contribution in [0.5, 0.6) is 5.75 Å². The summed E-state index contributed by atoms with van der Waals surface area (Å²) in [6, 6.07) is 1.36. The number of rotatable bonds is 4. The lowest BCUT2D eigenvalue weighted by atomic mass is 9.88. The molecule has 0 bridgehead atoms. The van der Waals surface area contributed by atoms with Crippen LogP contribution in [0, 0.1) is 12.7 Å². The van der Waals surface area contributed by atoms with Gasteiger partial charge in [-0.3, -0.25) is 4.79 Å². The second-order valence-corrected chi connectivity index (χ2v) is 5.58.